The lowest BCUT2D eigenvalue weighted by atomic mass is 10.2. The standard InChI is InChI=1S/C20H22N2O7S/c1-13-8-9-14(30(25,26)22(2)3)10-15(13)21-19(23)12-28-20(24)18-11-27-16-6-4-5-7-17(16)29-18/h4-10,18H,11-12H2,1-3H3,(H,21,23)/t18-/m1/s1. The maximum absolute atomic E-state index is 12.3. The highest BCUT2D eigenvalue weighted by Crippen LogP contribution is 2.31. The van der Waals surface area contributed by atoms with Gasteiger partial charge in [-0.1, -0.05) is 18.2 Å². The van der Waals surface area contributed by atoms with Crippen LogP contribution < -0.4 is 14.8 Å². The first-order valence-electron chi connectivity index (χ1n) is 9.06. The minimum atomic E-state index is -3.65. The predicted octanol–water partition coefficient (Wildman–Crippen LogP) is 1.57. The fraction of sp³-hybridized carbons (Fsp3) is 0.300. The molecule has 160 valence electrons. The summed E-state index contributed by atoms with van der Waals surface area (Å²) < 4.78 is 41.6. The smallest absolute Gasteiger partial charge is 0.351 e. The molecular formula is C20H22N2O7S. The number of carbonyl (C=O) groups is 2. The number of rotatable bonds is 6. The Balaban J connectivity index is 1.59. The highest BCUT2D eigenvalue weighted by molar-refractivity contribution is 7.89. The number of fused-ring (bicyclic) bond motifs is 1. The molecule has 2 aromatic rings. The van der Waals surface area contributed by atoms with Crippen LogP contribution in [0.5, 0.6) is 11.5 Å². The normalized spacial score (nSPS) is 15.5. The summed E-state index contributed by atoms with van der Waals surface area (Å²) in [6.07, 6.45) is -0.983. The molecular weight excluding hydrogens is 412 g/mol. The molecule has 0 fully saturated rings. The maximum Gasteiger partial charge on any atom is 0.351 e. The van der Waals surface area contributed by atoms with E-state index in [1.165, 1.54) is 26.2 Å². The third kappa shape index (κ3) is 4.71. The van der Waals surface area contributed by atoms with Gasteiger partial charge in [-0.05, 0) is 36.8 Å². The van der Waals surface area contributed by atoms with Crippen LogP contribution in [0.4, 0.5) is 5.69 Å². The lowest BCUT2D eigenvalue weighted by Gasteiger charge is -2.24. The van der Waals surface area contributed by atoms with Crippen molar-refractivity contribution in [3.63, 3.8) is 0 Å². The Morgan fingerprint density at radius 2 is 1.87 bits per heavy atom. The van der Waals surface area contributed by atoms with E-state index in [4.69, 9.17) is 14.2 Å². The van der Waals surface area contributed by atoms with E-state index in [9.17, 15) is 18.0 Å². The summed E-state index contributed by atoms with van der Waals surface area (Å²) in [5, 5.41) is 2.56. The van der Waals surface area contributed by atoms with Crippen LogP contribution in [0.25, 0.3) is 0 Å². The lowest BCUT2D eigenvalue weighted by molar-refractivity contribution is -0.156. The summed E-state index contributed by atoms with van der Waals surface area (Å²) in [7, 11) is -0.812. The first kappa shape index (κ1) is 21.6. The van der Waals surface area contributed by atoms with E-state index < -0.39 is 34.6 Å². The Morgan fingerprint density at radius 1 is 1.17 bits per heavy atom. The molecule has 0 aliphatic carbocycles. The number of anilines is 1. The van der Waals surface area contributed by atoms with Crippen LogP contribution in [0.15, 0.2) is 47.4 Å². The van der Waals surface area contributed by atoms with Crippen LogP contribution >= 0.6 is 0 Å². The van der Waals surface area contributed by atoms with Crippen LogP contribution in [-0.2, 0) is 24.3 Å². The second-order valence-corrected chi connectivity index (χ2v) is 8.94. The molecule has 0 saturated carbocycles. The van der Waals surface area contributed by atoms with Gasteiger partial charge in [0.25, 0.3) is 5.91 Å². The molecule has 0 radical (unpaired) electrons. The van der Waals surface area contributed by atoms with E-state index in [0.29, 0.717) is 22.7 Å². The Hall–Kier alpha value is -3.11. The highest BCUT2D eigenvalue weighted by Gasteiger charge is 2.29. The van der Waals surface area contributed by atoms with Crippen LogP contribution in [0.1, 0.15) is 5.56 Å². The fourth-order valence-corrected chi connectivity index (χ4v) is 3.59. The molecule has 2 aromatic carbocycles. The van der Waals surface area contributed by atoms with Crippen molar-refractivity contribution in [1.29, 1.82) is 0 Å². The van der Waals surface area contributed by atoms with Crippen LogP contribution in [0.3, 0.4) is 0 Å². The van der Waals surface area contributed by atoms with Crippen molar-refractivity contribution in [2.24, 2.45) is 0 Å². The number of ether oxygens (including phenoxy) is 3. The number of hydrogen-bond acceptors (Lipinski definition) is 7. The van der Waals surface area contributed by atoms with Gasteiger partial charge in [-0.25, -0.2) is 17.5 Å². The van der Waals surface area contributed by atoms with Gasteiger partial charge in [0, 0.05) is 19.8 Å². The number of amides is 1. The van der Waals surface area contributed by atoms with Crippen LogP contribution in [-0.4, -0.2) is 58.0 Å². The summed E-state index contributed by atoms with van der Waals surface area (Å²) in [6, 6.07) is 11.3. The highest BCUT2D eigenvalue weighted by atomic mass is 32.2. The molecule has 1 aliphatic rings. The number of nitrogens with zero attached hydrogens (tertiary/aromatic N) is 1. The van der Waals surface area contributed by atoms with E-state index >= 15 is 0 Å². The van der Waals surface area contributed by atoms with Crippen molar-refractivity contribution >= 4 is 27.6 Å². The number of hydrogen-bond donors (Lipinski definition) is 1. The van der Waals surface area contributed by atoms with Gasteiger partial charge < -0.3 is 19.5 Å². The predicted molar refractivity (Wildman–Crippen MR) is 108 cm³/mol. The first-order chi connectivity index (χ1) is 14.2. The Bertz CT molecular complexity index is 1070. The molecule has 0 spiro atoms. The number of para-hydroxylation sites is 2. The number of sulfonamides is 1. The van der Waals surface area contributed by atoms with E-state index in [1.54, 1.807) is 37.3 Å². The molecule has 3 rings (SSSR count). The van der Waals surface area contributed by atoms with Gasteiger partial charge in [-0.15, -0.1) is 0 Å². The zero-order valence-electron chi connectivity index (χ0n) is 16.7. The zero-order chi connectivity index (χ0) is 21.9. The monoisotopic (exact) mass is 434 g/mol. The summed E-state index contributed by atoms with van der Waals surface area (Å²) in [5.74, 6) is -0.393. The largest absolute Gasteiger partial charge is 0.485 e. The van der Waals surface area contributed by atoms with E-state index in [1.807, 2.05) is 0 Å². The van der Waals surface area contributed by atoms with Crippen LogP contribution in [0.2, 0.25) is 0 Å². The molecule has 0 saturated heterocycles. The Labute approximate surface area is 174 Å². The van der Waals surface area contributed by atoms with Crippen molar-refractivity contribution in [2.75, 3.05) is 32.6 Å². The van der Waals surface area contributed by atoms with Gasteiger partial charge in [-0.3, -0.25) is 4.79 Å². The summed E-state index contributed by atoms with van der Waals surface area (Å²) >= 11 is 0. The Morgan fingerprint density at radius 3 is 2.57 bits per heavy atom. The van der Waals surface area contributed by atoms with Gasteiger partial charge in [0.2, 0.25) is 16.1 Å². The molecule has 1 atom stereocenters. The molecule has 1 amide bonds. The van der Waals surface area contributed by atoms with Crippen molar-refractivity contribution in [1.82, 2.24) is 4.31 Å². The van der Waals surface area contributed by atoms with Gasteiger partial charge in [0.15, 0.2) is 18.1 Å². The average molecular weight is 434 g/mol. The second kappa shape index (κ2) is 8.72. The van der Waals surface area contributed by atoms with Crippen LogP contribution in [0, 0.1) is 6.92 Å². The third-order valence-corrected chi connectivity index (χ3v) is 6.19. The van der Waals surface area contributed by atoms with Crippen molar-refractivity contribution in [2.45, 2.75) is 17.9 Å². The molecule has 9 nitrogen and oxygen atoms in total. The van der Waals surface area contributed by atoms with E-state index in [0.717, 1.165) is 4.31 Å². The van der Waals surface area contributed by atoms with Gasteiger partial charge in [0.05, 0.1) is 4.90 Å². The minimum Gasteiger partial charge on any atom is -0.485 e. The lowest BCUT2D eigenvalue weighted by Crippen LogP contribution is -2.39. The molecule has 30 heavy (non-hydrogen) atoms. The van der Waals surface area contributed by atoms with Gasteiger partial charge in [0.1, 0.15) is 6.61 Å². The molecule has 0 aromatic heterocycles. The number of nitrogens with one attached hydrogen (secondary N) is 1. The third-order valence-electron chi connectivity index (χ3n) is 4.38. The summed E-state index contributed by atoms with van der Waals surface area (Å²) in [6.45, 7) is 1.14. The number of carbonyl (C=O) groups excluding carboxylic acids is 2. The Kier molecular flexibility index (Phi) is 6.28. The second-order valence-electron chi connectivity index (χ2n) is 6.78. The topological polar surface area (TPSA) is 111 Å². The molecule has 1 aliphatic heterocycles. The molecule has 1 N–H and O–H groups in total. The number of aryl methyl sites for hydroxylation is 1. The summed E-state index contributed by atoms with van der Waals surface area (Å²) in [4.78, 5) is 24.5. The van der Waals surface area contributed by atoms with E-state index in [-0.39, 0.29) is 11.5 Å². The first-order valence-corrected chi connectivity index (χ1v) is 10.5. The molecule has 0 bridgehead atoms. The van der Waals surface area contributed by atoms with Crippen molar-refractivity contribution < 1.29 is 32.2 Å². The number of esters is 1. The molecule has 0 unspecified atom stereocenters. The van der Waals surface area contributed by atoms with Gasteiger partial charge >= 0.3 is 5.97 Å². The number of benzene rings is 2. The quantitative estimate of drug-likeness (QED) is 0.687. The molecule has 10 heteroatoms. The molecule has 1 heterocycles. The maximum atomic E-state index is 12.3. The average Bonchev–Trinajstić information content (AvgIpc) is 2.73. The fourth-order valence-electron chi connectivity index (χ4n) is 2.66. The van der Waals surface area contributed by atoms with Crippen molar-refractivity contribution in [3.05, 3.63) is 48.0 Å². The minimum absolute atomic E-state index is 0.0268. The van der Waals surface area contributed by atoms with E-state index in [2.05, 4.69) is 5.32 Å². The SMILES string of the molecule is Cc1ccc(S(=O)(=O)N(C)C)cc1NC(=O)COC(=O)[C@H]1COc2ccccc2O1. The van der Waals surface area contributed by atoms with Gasteiger partial charge in [-0.2, -0.15) is 0 Å². The zero-order valence-corrected chi connectivity index (χ0v) is 17.6. The van der Waals surface area contributed by atoms with Crippen molar-refractivity contribution in [3.8, 4) is 11.5 Å². The summed E-state index contributed by atoms with van der Waals surface area (Å²) in [5.41, 5.74) is 0.971.